The summed E-state index contributed by atoms with van der Waals surface area (Å²) in [6.45, 7) is 1.03. The molecule has 2 atom stereocenters. The van der Waals surface area contributed by atoms with Crippen molar-refractivity contribution in [1.82, 2.24) is 10.2 Å². The lowest BCUT2D eigenvalue weighted by Gasteiger charge is -2.35. The molecule has 1 rings (SSSR count). The van der Waals surface area contributed by atoms with E-state index in [2.05, 4.69) is 5.32 Å². The maximum absolute atomic E-state index is 12.5. The first-order valence-corrected chi connectivity index (χ1v) is 6.59. The maximum atomic E-state index is 12.5. The van der Waals surface area contributed by atoms with Crippen LogP contribution in [0.5, 0.6) is 0 Å². The average Bonchev–Trinajstić information content (AvgIpc) is 2.33. The van der Waals surface area contributed by atoms with Crippen molar-refractivity contribution in [3.05, 3.63) is 0 Å². The number of nitrogens with one attached hydrogen (secondary N) is 1. The lowest BCUT2D eigenvalue weighted by molar-refractivity contribution is -0.182. The Morgan fingerprint density at radius 1 is 1.19 bits per heavy atom. The highest BCUT2D eigenvalue weighted by atomic mass is 19.4. The molecule has 1 fully saturated rings. The molecule has 9 heteroatoms. The van der Waals surface area contributed by atoms with Crippen LogP contribution in [-0.4, -0.2) is 48.3 Å². The molecule has 1 amide bonds. The SMILES string of the molecule is CC(C)N(CC(F)(F)F)C(=O)C1CCC(C(F)(F)F)CN1. The largest absolute Gasteiger partial charge is 0.406 e. The van der Waals surface area contributed by atoms with Crippen molar-refractivity contribution in [1.29, 1.82) is 0 Å². The highest BCUT2D eigenvalue weighted by molar-refractivity contribution is 5.82. The first kappa shape index (κ1) is 18.1. The number of rotatable bonds is 3. The Kier molecular flexibility index (Phi) is 5.51. The average molecular weight is 320 g/mol. The fourth-order valence-electron chi connectivity index (χ4n) is 2.25. The number of hydrogen-bond donors (Lipinski definition) is 1. The summed E-state index contributed by atoms with van der Waals surface area (Å²) in [4.78, 5) is 12.7. The molecule has 0 aliphatic carbocycles. The first-order valence-electron chi connectivity index (χ1n) is 6.59. The molecule has 0 bridgehead atoms. The minimum atomic E-state index is -4.54. The normalized spacial score (nSPS) is 24.2. The maximum Gasteiger partial charge on any atom is 0.406 e. The topological polar surface area (TPSA) is 32.3 Å². The fourth-order valence-corrected chi connectivity index (χ4v) is 2.25. The van der Waals surface area contributed by atoms with E-state index in [1.54, 1.807) is 0 Å². The van der Waals surface area contributed by atoms with Crippen molar-refractivity contribution in [2.24, 2.45) is 5.92 Å². The van der Waals surface area contributed by atoms with Crippen LogP contribution in [0.15, 0.2) is 0 Å². The van der Waals surface area contributed by atoms with Gasteiger partial charge in [0.25, 0.3) is 0 Å². The van der Waals surface area contributed by atoms with Crippen LogP contribution in [0.25, 0.3) is 0 Å². The molecule has 0 radical (unpaired) electrons. The van der Waals surface area contributed by atoms with Gasteiger partial charge in [-0.1, -0.05) is 0 Å². The third-order valence-corrected chi connectivity index (χ3v) is 3.43. The van der Waals surface area contributed by atoms with Crippen LogP contribution < -0.4 is 5.32 Å². The number of halogens is 6. The van der Waals surface area contributed by atoms with Crippen LogP contribution in [0.2, 0.25) is 0 Å². The highest BCUT2D eigenvalue weighted by Gasteiger charge is 2.44. The summed E-state index contributed by atoms with van der Waals surface area (Å²) in [7, 11) is 0. The molecule has 124 valence electrons. The van der Waals surface area contributed by atoms with E-state index in [0.29, 0.717) is 4.90 Å². The van der Waals surface area contributed by atoms with Crippen molar-refractivity contribution >= 4 is 5.91 Å². The van der Waals surface area contributed by atoms with Gasteiger partial charge in [-0.25, -0.2) is 0 Å². The smallest absolute Gasteiger partial charge is 0.330 e. The summed E-state index contributed by atoms with van der Waals surface area (Å²) in [5.74, 6) is -2.36. The highest BCUT2D eigenvalue weighted by Crippen LogP contribution is 2.32. The summed E-state index contributed by atoms with van der Waals surface area (Å²) in [5, 5.41) is 2.42. The first-order chi connectivity index (χ1) is 9.42. The van der Waals surface area contributed by atoms with E-state index in [1.807, 2.05) is 0 Å². The number of carbonyl (C=O) groups excluding carboxylic acids is 1. The Balaban J connectivity index is 2.66. The minimum absolute atomic E-state index is 0.121. The zero-order chi connectivity index (χ0) is 16.4. The van der Waals surface area contributed by atoms with Gasteiger partial charge in [0.15, 0.2) is 0 Å². The molecule has 0 aromatic rings. The molecule has 21 heavy (non-hydrogen) atoms. The Morgan fingerprint density at radius 2 is 1.76 bits per heavy atom. The van der Waals surface area contributed by atoms with Crippen LogP contribution in [0.1, 0.15) is 26.7 Å². The molecule has 0 saturated carbocycles. The van der Waals surface area contributed by atoms with Gasteiger partial charge in [-0.2, -0.15) is 26.3 Å². The molecule has 0 spiro atoms. The van der Waals surface area contributed by atoms with Crippen LogP contribution in [0.4, 0.5) is 26.3 Å². The van der Waals surface area contributed by atoms with Crippen molar-refractivity contribution < 1.29 is 31.1 Å². The second kappa shape index (κ2) is 6.41. The number of hydrogen-bond acceptors (Lipinski definition) is 2. The Morgan fingerprint density at radius 3 is 2.10 bits per heavy atom. The van der Waals surface area contributed by atoms with Gasteiger partial charge in [-0.3, -0.25) is 4.79 Å². The van der Waals surface area contributed by atoms with Crippen LogP contribution in [0, 0.1) is 5.92 Å². The third-order valence-electron chi connectivity index (χ3n) is 3.43. The van der Waals surface area contributed by atoms with Crippen molar-refractivity contribution in [2.45, 2.75) is 51.1 Å². The zero-order valence-corrected chi connectivity index (χ0v) is 11.7. The van der Waals surface area contributed by atoms with E-state index in [9.17, 15) is 31.1 Å². The van der Waals surface area contributed by atoms with Crippen LogP contribution in [-0.2, 0) is 4.79 Å². The second-order valence-corrected chi connectivity index (χ2v) is 5.45. The predicted molar refractivity (Wildman–Crippen MR) is 63.5 cm³/mol. The summed E-state index contributed by atoms with van der Waals surface area (Å²) in [6, 6.07) is -1.67. The molecule has 1 heterocycles. The quantitative estimate of drug-likeness (QED) is 0.811. The number of nitrogens with zero attached hydrogens (tertiary/aromatic N) is 1. The van der Waals surface area contributed by atoms with Gasteiger partial charge in [0.2, 0.25) is 5.91 Å². The van der Waals surface area contributed by atoms with Gasteiger partial charge in [-0.05, 0) is 26.7 Å². The monoisotopic (exact) mass is 320 g/mol. The molecule has 1 aliphatic rings. The van der Waals surface area contributed by atoms with Gasteiger partial charge < -0.3 is 10.2 Å². The number of amides is 1. The summed E-state index contributed by atoms with van der Waals surface area (Å²) >= 11 is 0. The van der Waals surface area contributed by atoms with E-state index in [1.165, 1.54) is 13.8 Å². The minimum Gasteiger partial charge on any atom is -0.330 e. The summed E-state index contributed by atoms with van der Waals surface area (Å²) < 4.78 is 74.8. The lowest BCUT2D eigenvalue weighted by Crippen LogP contribution is -2.55. The van der Waals surface area contributed by atoms with E-state index < -0.39 is 49.4 Å². The van der Waals surface area contributed by atoms with E-state index in [0.717, 1.165) is 0 Å². The lowest BCUT2D eigenvalue weighted by atomic mass is 9.93. The molecule has 0 aromatic heterocycles. The molecule has 1 N–H and O–H groups in total. The van der Waals surface area contributed by atoms with E-state index in [4.69, 9.17) is 0 Å². The Labute approximate surface area is 118 Å². The molecule has 3 nitrogen and oxygen atoms in total. The van der Waals surface area contributed by atoms with Crippen molar-refractivity contribution in [3.8, 4) is 0 Å². The summed E-state index contributed by atoms with van der Waals surface area (Å²) in [5.41, 5.74) is 0. The van der Waals surface area contributed by atoms with Crippen molar-refractivity contribution in [3.63, 3.8) is 0 Å². The number of carbonyl (C=O) groups is 1. The Bertz CT molecular complexity index is 358. The van der Waals surface area contributed by atoms with Gasteiger partial charge >= 0.3 is 12.4 Å². The van der Waals surface area contributed by atoms with E-state index in [-0.39, 0.29) is 12.8 Å². The molecule has 1 aliphatic heterocycles. The Hall–Kier alpha value is -0.990. The zero-order valence-electron chi connectivity index (χ0n) is 11.7. The van der Waals surface area contributed by atoms with Gasteiger partial charge in [0, 0.05) is 12.6 Å². The fraction of sp³-hybridized carbons (Fsp3) is 0.917. The third kappa shape index (κ3) is 5.37. The molecule has 0 aromatic carbocycles. The van der Waals surface area contributed by atoms with E-state index >= 15 is 0 Å². The standard InChI is InChI=1S/C12H18F6N2O/c1-7(2)20(6-11(13,14)15)10(21)9-4-3-8(5-19-9)12(16,17)18/h7-9,19H,3-6H2,1-2H3. The molecule has 1 saturated heterocycles. The van der Waals surface area contributed by atoms with Gasteiger partial charge in [-0.15, -0.1) is 0 Å². The second-order valence-electron chi connectivity index (χ2n) is 5.45. The predicted octanol–water partition coefficient (Wildman–Crippen LogP) is 2.72. The number of piperidine rings is 1. The van der Waals surface area contributed by atoms with Crippen LogP contribution in [0.3, 0.4) is 0 Å². The van der Waals surface area contributed by atoms with Gasteiger partial charge in [0.05, 0.1) is 12.0 Å². The van der Waals surface area contributed by atoms with Gasteiger partial charge in [0.1, 0.15) is 6.54 Å². The van der Waals surface area contributed by atoms with Crippen molar-refractivity contribution in [2.75, 3.05) is 13.1 Å². The molecule has 2 unspecified atom stereocenters. The van der Waals surface area contributed by atoms with Crippen LogP contribution >= 0.6 is 0 Å². The molecular weight excluding hydrogens is 302 g/mol. The summed E-state index contributed by atoms with van der Waals surface area (Å²) in [6.07, 6.45) is -9.28. The number of alkyl halides is 6. The molecular formula is C12H18F6N2O.